The van der Waals surface area contributed by atoms with E-state index in [4.69, 9.17) is 4.74 Å². The maximum absolute atomic E-state index is 5.06. The third kappa shape index (κ3) is 2.03. The maximum atomic E-state index is 5.06. The van der Waals surface area contributed by atoms with Gasteiger partial charge in [0.1, 0.15) is 0 Å². The molecule has 1 aromatic rings. The van der Waals surface area contributed by atoms with Gasteiger partial charge in [0, 0.05) is 17.8 Å². The quantitative estimate of drug-likeness (QED) is 0.822. The van der Waals surface area contributed by atoms with E-state index in [0.29, 0.717) is 11.8 Å². The number of methoxy groups -OCH3 is 1. The molecule has 0 aromatic carbocycles. The summed E-state index contributed by atoms with van der Waals surface area (Å²) >= 11 is 0. The zero-order chi connectivity index (χ0) is 10.7. The van der Waals surface area contributed by atoms with Gasteiger partial charge >= 0.3 is 0 Å². The Labute approximate surface area is 90.1 Å². The van der Waals surface area contributed by atoms with Crippen molar-refractivity contribution in [1.29, 1.82) is 0 Å². The Morgan fingerprint density at radius 2 is 2.33 bits per heavy atom. The van der Waals surface area contributed by atoms with Crippen LogP contribution in [-0.2, 0) is 0 Å². The molecule has 0 atom stereocenters. The van der Waals surface area contributed by atoms with E-state index in [1.54, 1.807) is 19.4 Å². The highest BCUT2D eigenvalue weighted by Crippen LogP contribution is 2.37. The molecule has 1 aliphatic carbocycles. The normalized spacial score (nSPS) is 18.0. The minimum atomic E-state index is 0.229. The van der Waals surface area contributed by atoms with E-state index in [2.05, 4.69) is 22.2 Å². The fraction of sp³-hybridized carbons (Fsp3) is 0.636. The highest BCUT2D eigenvalue weighted by atomic mass is 16.5. The Hall–Kier alpha value is -1.32. The van der Waals surface area contributed by atoms with Crippen LogP contribution in [-0.4, -0.2) is 22.6 Å². The lowest BCUT2D eigenvalue weighted by Crippen LogP contribution is -2.44. The number of nitrogens with zero attached hydrogens (tertiary/aromatic N) is 2. The van der Waals surface area contributed by atoms with Crippen LogP contribution in [0.5, 0.6) is 5.88 Å². The van der Waals surface area contributed by atoms with Crippen molar-refractivity contribution in [3.05, 3.63) is 12.3 Å². The molecule has 2 rings (SSSR count). The Balaban J connectivity index is 2.09. The summed E-state index contributed by atoms with van der Waals surface area (Å²) < 4.78 is 5.06. The first-order valence-electron chi connectivity index (χ1n) is 5.43. The van der Waals surface area contributed by atoms with Crippen LogP contribution in [0.25, 0.3) is 0 Å². The van der Waals surface area contributed by atoms with Crippen molar-refractivity contribution in [2.75, 3.05) is 12.4 Å². The smallest absolute Gasteiger partial charge is 0.226 e. The number of nitrogens with one attached hydrogen (secondary N) is 1. The second-order valence-corrected chi connectivity index (χ2v) is 4.04. The van der Waals surface area contributed by atoms with Crippen molar-refractivity contribution in [3.63, 3.8) is 0 Å². The highest BCUT2D eigenvalue weighted by molar-refractivity contribution is 5.32. The van der Waals surface area contributed by atoms with E-state index < -0.39 is 0 Å². The van der Waals surface area contributed by atoms with Gasteiger partial charge in [-0.2, -0.15) is 4.98 Å². The van der Waals surface area contributed by atoms with Crippen LogP contribution >= 0.6 is 0 Å². The summed E-state index contributed by atoms with van der Waals surface area (Å²) in [5.74, 6) is 1.29. The Bertz CT molecular complexity index is 331. The van der Waals surface area contributed by atoms with Gasteiger partial charge in [0.05, 0.1) is 7.11 Å². The molecule has 4 nitrogen and oxygen atoms in total. The predicted octanol–water partition coefficient (Wildman–Crippen LogP) is 2.23. The number of aromatic nitrogens is 2. The summed E-state index contributed by atoms with van der Waals surface area (Å²) in [6, 6.07) is 1.75. The summed E-state index contributed by atoms with van der Waals surface area (Å²) in [6.07, 6.45) is 6.56. The fourth-order valence-corrected chi connectivity index (χ4v) is 1.92. The molecule has 0 unspecified atom stereocenters. The van der Waals surface area contributed by atoms with Crippen molar-refractivity contribution < 1.29 is 4.74 Å². The molecule has 4 heteroatoms. The first-order valence-corrected chi connectivity index (χ1v) is 5.43. The van der Waals surface area contributed by atoms with Crippen LogP contribution in [0.4, 0.5) is 5.95 Å². The summed E-state index contributed by atoms with van der Waals surface area (Å²) in [5, 5.41) is 3.41. The van der Waals surface area contributed by atoms with E-state index in [-0.39, 0.29) is 5.54 Å². The topological polar surface area (TPSA) is 47.0 Å². The lowest BCUT2D eigenvalue weighted by Gasteiger charge is -2.41. The van der Waals surface area contributed by atoms with Crippen LogP contribution in [0, 0.1) is 0 Å². The van der Waals surface area contributed by atoms with Crippen LogP contribution in [0.3, 0.4) is 0 Å². The SMILES string of the molecule is CCC1(Nc2nccc(OC)n2)CCC1. The molecule has 0 bridgehead atoms. The number of rotatable bonds is 4. The molecule has 15 heavy (non-hydrogen) atoms. The van der Waals surface area contributed by atoms with E-state index >= 15 is 0 Å². The number of hydrogen-bond acceptors (Lipinski definition) is 4. The Morgan fingerprint density at radius 3 is 2.87 bits per heavy atom. The summed E-state index contributed by atoms with van der Waals surface area (Å²) in [4.78, 5) is 8.46. The van der Waals surface area contributed by atoms with Gasteiger partial charge in [0.25, 0.3) is 0 Å². The largest absolute Gasteiger partial charge is 0.481 e. The highest BCUT2D eigenvalue weighted by Gasteiger charge is 2.35. The van der Waals surface area contributed by atoms with Crippen molar-refractivity contribution >= 4 is 5.95 Å². The monoisotopic (exact) mass is 207 g/mol. The zero-order valence-electron chi connectivity index (χ0n) is 9.29. The van der Waals surface area contributed by atoms with Crippen LogP contribution < -0.4 is 10.1 Å². The van der Waals surface area contributed by atoms with Gasteiger partial charge in [-0.15, -0.1) is 0 Å². The standard InChI is InChI=1S/C11H17N3O/c1-3-11(6-4-7-11)14-10-12-8-5-9(13-10)15-2/h5,8H,3-4,6-7H2,1-2H3,(H,12,13,14). The molecular weight excluding hydrogens is 190 g/mol. The van der Waals surface area contributed by atoms with Crippen molar-refractivity contribution in [2.24, 2.45) is 0 Å². The van der Waals surface area contributed by atoms with Gasteiger partial charge in [-0.3, -0.25) is 0 Å². The predicted molar refractivity (Wildman–Crippen MR) is 59.1 cm³/mol. The maximum Gasteiger partial charge on any atom is 0.226 e. The molecule has 0 spiro atoms. The first-order chi connectivity index (χ1) is 7.28. The number of ether oxygens (including phenoxy) is 1. The fourth-order valence-electron chi connectivity index (χ4n) is 1.92. The zero-order valence-corrected chi connectivity index (χ0v) is 9.29. The van der Waals surface area contributed by atoms with Crippen molar-refractivity contribution in [1.82, 2.24) is 9.97 Å². The molecule has 0 amide bonds. The Kier molecular flexibility index (Phi) is 2.75. The summed E-state index contributed by atoms with van der Waals surface area (Å²) in [5.41, 5.74) is 0.229. The average molecular weight is 207 g/mol. The van der Waals surface area contributed by atoms with Gasteiger partial charge in [-0.05, 0) is 25.7 Å². The molecule has 82 valence electrons. The average Bonchev–Trinajstić information content (AvgIpc) is 2.24. The summed E-state index contributed by atoms with van der Waals surface area (Å²) in [7, 11) is 1.62. The van der Waals surface area contributed by atoms with E-state index in [9.17, 15) is 0 Å². The van der Waals surface area contributed by atoms with Gasteiger partial charge in [-0.1, -0.05) is 6.92 Å². The molecule has 1 heterocycles. The van der Waals surface area contributed by atoms with E-state index in [0.717, 1.165) is 6.42 Å². The number of anilines is 1. The van der Waals surface area contributed by atoms with Gasteiger partial charge < -0.3 is 10.1 Å². The van der Waals surface area contributed by atoms with E-state index in [1.165, 1.54) is 19.3 Å². The lowest BCUT2D eigenvalue weighted by molar-refractivity contribution is 0.267. The molecular formula is C11H17N3O. The van der Waals surface area contributed by atoms with Crippen LogP contribution in [0.1, 0.15) is 32.6 Å². The minimum Gasteiger partial charge on any atom is -0.481 e. The van der Waals surface area contributed by atoms with Crippen LogP contribution in [0.2, 0.25) is 0 Å². The molecule has 0 radical (unpaired) electrons. The second-order valence-electron chi connectivity index (χ2n) is 4.04. The van der Waals surface area contributed by atoms with Gasteiger partial charge in [-0.25, -0.2) is 4.98 Å². The van der Waals surface area contributed by atoms with Gasteiger partial charge in [0.2, 0.25) is 11.8 Å². The molecule has 1 saturated carbocycles. The summed E-state index contributed by atoms with van der Waals surface area (Å²) in [6.45, 7) is 2.20. The molecule has 1 aliphatic rings. The van der Waals surface area contributed by atoms with E-state index in [1.807, 2.05) is 0 Å². The third-order valence-electron chi connectivity index (χ3n) is 3.20. The molecule has 0 saturated heterocycles. The molecule has 1 aromatic heterocycles. The van der Waals surface area contributed by atoms with Crippen molar-refractivity contribution in [2.45, 2.75) is 38.1 Å². The first kappa shape index (κ1) is 10.2. The van der Waals surface area contributed by atoms with Crippen LogP contribution in [0.15, 0.2) is 12.3 Å². The molecule has 1 fully saturated rings. The molecule has 0 aliphatic heterocycles. The van der Waals surface area contributed by atoms with Crippen molar-refractivity contribution in [3.8, 4) is 5.88 Å². The number of hydrogen-bond donors (Lipinski definition) is 1. The molecule has 1 N–H and O–H groups in total. The third-order valence-corrected chi connectivity index (χ3v) is 3.20. The minimum absolute atomic E-state index is 0.229. The lowest BCUT2D eigenvalue weighted by atomic mass is 9.75. The van der Waals surface area contributed by atoms with Gasteiger partial charge in [0.15, 0.2) is 0 Å². The Morgan fingerprint density at radius 1 is 1.53 bits per heavy atom. The second kappa shape index (κ2) is 4.04.